The van der Waals surface area contributed by atoms with Gasteiger partial charge in [-0.15, -0.1) is 24.0 Å². The number of nitrogens with one attached hydrogen (secondary N) is 3. The molecule has 0 unspecified atom stereocenters. The molecule has 0 radical (unpaired) electrons. The first-order valence-electron chi connectivity index (χ1n) is 8.81. The molecule has 5 nitrogen and oxygen atoms in total. The lowest BCUT2D eigenvalue weighted by molar-refractivity contribution is -0.122. The van der Waals surface area contributed by atoms with Gasteiger partial charge >= 0.3 is 0 Å². The summed E-state index contributed by atoms with van der Waals surface area (Å²) in [5, 5.41) is 9.31. The summed E-state index contributed by atoms with van der Waals surface area (Å²) in [5.41, 5.74) is 0.730. The largest absolute Gasteiger partial charge is 0.357 e. The van der Waals surface area contributed by atoms with Gasteiger partial charge in [-0.05, 0) is 31.4 Å². The Hall–Kier alpha value is -1.03. The number of carbonyl (C=O) groups is 1. The van der Waals surface area contributed by atoms with Crippen molar-refractivity contribution in [1.29, 1.82) is 0 Å². The van der Waals surface area contributed by atoms with Crippen molar-refractivity contribution in [3.63, 3.8) is 0 Å². The highest BCUT2D eigenvalue weighted by Crippen LogP contribution is 2.28. The Morgan fingerprint density at radius 3 is 2.65 bits per heavy atom. The SMILES string of the molecule is CCNC(=NCCSCc1ccccc1F)NCCNC(=O)C1CC1.I. The van der Waals surface area contributed by atoms with Crippen LogP contribution >= 0.6 is 35.7 Å². The first-order valence-corrected chi connectivity index (χ1v) is 9.97. The summed E-state index contributed by atoms with van der Waals surface area (Å²) in [7, 11) is 0. The molecule has 26 heavy (non-hydrogen) atoms. The number of amides is 1. The summed E-state index contributed by atoms with van der Waals surface area (Å²) in [6.45, 7) is 4.69. The Balaban J connectivity index is 0.00000338. The van der Waals surface area contributed by atoms with Crippen LogP contribution in [0.15, 0.2) is 29.3 Å². The second kappa shape index (κ2) is 13.2. The van der Waals surface area contributed by atoms with Gasteiger partial charge < -0.3 is 16.0 Å². The molecule has 3 N–H and O–H groups in total. The summed E-state index contributed by atoms with van der Waals surface area (Å²) in [6, 6.07) is 6.86. The Morgan fingerprint density at radius 2 is 1.96 bits per heavy atom. The van der Waals surface area contributed by atoms with E-state index in [0.717, 1.165) is 36.7 Å². The lowest BCUT2D eigenvalue weighted by atomic mass is 10.2. The Kier molecular flexibility index (Phi) is 11.7. The van der Waals surface area contributed by atoms with Crippen molar-refractivity contribution >= 4 is 47.6 Å². The van der Waals surface area contributed by atoms with Crippen molar-refractivity contribution < 1.29 is 9.18 Å². The molecule has 1 aliphatic rings. The van der Waals surface area contributed by atoms with E-state index in [4.69, 9.17) is 0 Å². The molecule has 0 bridgehead atoms. The smallest absolute Gasteiger partial charge is 0.223 e. The zero-order valence-corrected chi connectivity index (χ0v) is 18.2. The van der Waals surface area contributed by atoms with Crippen molar-refractivity contribution in [3.05, 3.63) is 35.6 Å². The molecule has 0 aliphatic heterocycles. The lowest BCUT2D eigenvalue weighted by Gasteiger charge is -2.11. The zero-order chi connectivity index (χ0) is 17.9. The van der Waals surface area contributed by atoms with Gasteiger partial charge in [0.25, 0.3) is 0 Å². The average molecular weight is 494 g/mol. The first-order chi connectivity index (χ1) is 12.2. The van der Waals surface area contributed by atoms with Crippen LogP contribution in [0, 0.1) is 11.7 Å². The molecule has 1 saturated carbocycles. The van der Waals surface area contributed by atoms with Gasteiger partial charge in [-0.25, -0.2) is 4.39 Å². The highest BCUT2D eigenvalue weighted by Gasteiger charge is 2.28. The van der Waals surface area contributed by atoms with Crippen LogP contribution in [0.2, 0.25) is 0 Å². The molecule has 0 aromatic heterocycles. The highest BCUT2D eigenvalue weighted by molar-refractivity contribution is 14.0. The summed E-state index contributed by atoms with van der Waals surface area (Å²) in [4.78, 5) is 16.0. The third-order valence-corrected chi connectivity index (χ3v) is 4.72. The number of benzene rings is 1. The van der Waals surface area contributed by atoms with Crippen molar-refractivity contribution in [2.45, 2.75) is 25.5 Å². The zero-order valence-electron chi connectivity index (χ0n) is 15.1. The highest BCUT2D eigenvalue weighted by atomic mass is 127. The summed E-state index contributed by atoms with van der Waals surface area (Å²) in [5.74, 6) is 2.47. The minimum Gasteiger partial charge on any atom is -0.357 e. The third kappa shape index (κ3) is 9.07. The van der Waals surface area contributed by atoms with Crippen molar-refractivity contribution in [2.24, 2.45) is 10.9 Å². The molecule has 1 aliphatic carbocycles. The minimum absolute atomic E-state index is 0. The number of hydrogen-bond acceptors (Lipinski definition) is 3. The van der Waals surface area contributed by atoms with Crippen molar-refractivity contribution in [2.75, 3.05) is 31.9 Å². The molecular weight excluding hydrogens is 466 g/mol. The molecule has 0 heterocycles. The molecule has 2 rings (SSSR count). The van der Waals surface area contributed by atoms with E-state index in [2.05, 4.69) is 20.9 Å². The summed E-state index contributed by atoms with van der Waals surface area (Å²) in [6.07, 6.45) is 2.04. The molecule has 1 aromatic carbocycles. The van der Waals surface area contributed by atoms with E-state index in [9.17, 15) is 9.18 Å². The number of carbonyl (C=O) groups excluding carboxylic acids is 1. The fraction of sp³-hybridized carbons (Fsp3) is 0.556. The molecule has 0 atom stereocenters. The monoisotopic (exact) mass is 494 g/mol. The van der Waals surface area contributed by atoms with Gasteiger partial charge in [-0.3, -0.25) is 9.79 Å². The van der Waals surface area contributed by atoms with E-state index in [1.54, 1.807) is 17.8 Å². The van der Waals surface area contributed by atoms with Crippen LogP contribution < -0.4 is 16.0 Å². The topological polar surface area (TPSA) is 65.5 Å². The second-order valence-corrected chi connectivity index (χ2v) is 7.00. The number of hydrogen-bond donors (Lipinski definition) is 3. The summed E-state index contributed by atoms with van der Waals surface area (Å²) < 4.78 is 13.5. The minimum atomic E-state index is -0.151. The molecule has 0 spiro atoms. The van der Waals surface area contributed by atoms with E-state index in [-0.39, 0.29) is 41.6 Å². The molecule has 1 amide bonds. The number of guanidine groups is 1. The van der Waals surface area contributed by atoms with Crippen molar-refractivity contribution in [3.8, 4) is 0 Å². The molecule has 146 valence electrons. The Labute approximate surface area is 176 Å². The van der Waals surface area contributed by atoms with E-state index >= 15 is 0 Å². The van der Waals surface area contributed by atoms with Crippen LogP contribution in [0.3, 0.4) is 0 Å². The first kappa shape index (κ1) is 23.0. The number of rotatable bonds is 10. The third-order valence-electron chi connectivity index (χ3n) is 3.73. The molecule has 0 saturated heterocycles. The summed E-state index contributed by atoms with van der Waals surface area (Å²) >= 11 is 1.66. The number of halogens is 2. The van der Waals surface area contributed by atoms with E-state index in [1.165, 1.54) is 6.07 Å². The van der Waals surface area contributed by atoms with Gasteiger partial charge in [0.15, 0.2) is 5.96 Å². The van der Waals surface area contributed by atoms with Gasteiger partial charge in [-0.1, -0.05) is 18.2 Å². The maximum atomic E-state index is 13.5. The molecule has 1 fully saturated rings. The molecular formula is C18H28FIN4OS. The quantitative estimate of drug-likeness (QED) is 0.203. The second-order valence-electron chi connectivity index (χ2n) is 5.90. The predicted molar refractivity (Wildman–Crippen MR) is 118 cm³/mol. The number of nitrogens with zero attached hydrogens (tertiary/aromatic N) is 1. The Morgan fingerprint density at radius 1 is 1.23 bits per heavy atom. The predicted octanol–water partition coefficient (Wildman–Crippen LogP) is 2.76. The van der Waals surface area contributed by atoms with Gasteiger partial charge in [0.2, 0.25) is 5.91 Å². The number of aliphatic imine (C=N–C) groups is 1. The maximum Gasteiger partial charge on any atom is 0.223 e. The number of thioether (sulfide) groups is 1. The van der Waals surface area contributed by atoms with Gasteiger partial charge in [0.1, 0.15) is 5.82 Å². The van der Waals surface area contributed by atoms with E-state index in [1.807, 2.05) is 19.1 Å². The van der Waals surface area contributed by atoms with Crippen LogP contribution in [-0.4, -0.2) is 43.8 Å². The van der Waals surface area contributed by atoms with Gasteiger partial charge in [-0.2, -0.15) is 11.8 Å². The van der Waals surface area contributed by atoms with Gasteiger partial charge in [0, 0.05) is 37.1 Å². The normalized spacial score (nSPS) is 13.7. The fourth-order valence-electron chi connectivity index (χ4n) is 2.22. The van der Waals surface area contributed by atoms with E-state index in [0.29, 0.717) is 25.4 Å². The Bertz CT molecular complexity index is 584. The van der Waals surface area contributed by atoms with Crippen molar-refractivity contribution in [1.82, 2.24) is 16.0 Å². The van der Waals surface area contributed by atoms with Crippen LogP contribution in [0.25, 0.3) is 0 Å². The average Bonchev–Trinajstić information content (AvgIpc) is 3.44. The van der Waals surface area contributed by atoms with E-state index < -0.39 is 0 Å². The van der Waals surface area contributed by atoms with Crippen LogP contribution in [-0.2, 0) is 10.5 Å². The van der Waals surface area contributed by atoms with Crippen LogP contribution in [0.4, 0.5) is 4.39 Å². The van der Waals surface area contributed by atoms with Crippen LogP contribution in [0.5, 0.6) is 0 Å². The molecule has 1 aromatic rings. The van der Waals surface area contributed by atoms with Gasteiger partial charge in [0.05, 0.1) is 6.54 Å². The lowest BCUT2D eigenvalue weighted by Crippen LogP contribution is -2.41. The molecule has 8 heteroatoms. The standard InChI is InChI=1S/C18H27FN4OS.HI/c1-2-20-18(22-10-9-21-17(24)14-7-8-14)23-11-12-25-13-15-5-3-4-6-16(15)19;/h3-6,14H,2,7-13H2,1H3,(H,21,24)(H2,20,22,23);1H. The van der Waals surface area contributed by atoms with Crippen LogP contribution in [0.1, 0.15) is 25.3 Å². The fourth-order valence-corrected chi connectivity index (χ4v) is 3.04. The maximum absolute atomic E-state index is 13.5.